The number of fused-ring (bicyclic) bond motifs is 1. The first kappa shape index (κ1) is 29.1. The molecule has 8 nitrogen and oxygen atoms in total. The third kappa shape index (κ3) is 4.98. The van der Waals surface area contributed by atoms with Crippen LogP contribution in [0.5, 0.6) is 11.5 Å². The van der Waals surface area contributed by atoms with Gasteiger partial charge in [0.25, 0.3) is 5.56 Å². The number of hydrogen-bond acceptors (Lipinski definition) is 7. The molecule has 3 heterocycles. The summed E-state index contributed by atoms with van der Waals surface area (Å²) in [5.41, 5.74) is 7.86. The summed E-state index contributed by atoms with van der Waals surface area (Å²) in [4.78, 5) is 32.6. The van der Waals surface area contributed by atoms with Gasteiger partial charge in [-0.3, -0.25) is 9.36 Å². The molecule has 0 saturated heterocycles. The van der Waals surface area contributed by atoms with Gasteiger partial charge in [0.15, 0.2) is 16.3 Å². The van der Waals surface area contributed by atoms with E-state index in [1.54, 1.807) is 44.8 Å². The molecule has 0 unspecified atom stereocenters. The monoisotopic (exact) mass is 585 g/mol. The van der Waals surface area contributed by atoms with E-state index < -0.39 is 12.0 Å². The fraction of sp³-hybridized carbons (Fsp3) is 0.303. The summed E-state index contributed by atoms with van der Waals surface area (Å²) in [5, 5.41) is 0. The minimum Gasteiger partial charge on any atom is -0.493 e. The molecule has 0 saturated carbocycles. The van der Waals surface area contributed by atoms with Crippen molar-refractivity contribution in [3.8, 4) is 17.2 Å². The minimum absolute atomic E-state index is 0.203. The van der Waals surface area contributed by atoms with Crippen molar-refractivity contribution in [2.24, 2.45) is 4.99 Å². The Morgan fingerprint density at radius 1 is 0.976 bits per heavy atom. The van der Waals surface area contributed by atoms with Crippen LogP contribution < -0.4 is 24.4 Å². The molecule has 1 aliphatic rings. The number of aromatic nitrogens is 2. The molecule has 2 aromatic carbocycles. The zero-order valence-electron chi connectivity index (χ0n) is 25.2. The van der Waals surface area contributed by atoms with E-state index >= 15 is 0 Å². The Balaban J connectivity index is 1.70. The minimum atomic E-state index is -0.745. The van der Waals surface area contributed by atoms with Crippen LogP contribution in [0.25, 0.3) is 11.8 Å². The summed E-state index contributed by atoms with van der Waals surface area (Å²) in [5.74, 6) is 0.532. The van der Waals surface area contributed by atoms with E-state index in [4.69, 9.17) is 19.2 Å². The van der Waals surface area contributed by atoms with Gasteiger partial charge in [-0.2, -0.15) is 0 Å². The number of hydrogen-bond donors (Lipinski definition) is 0. The Hall–Kier alpha value is -4.37. The van der Waals surface area contributed by atoms with E-state index in [9.17, 15) is 9.59 Å². The maximum atomic E-state index is 14.1. The summed E-state index contributed by atoms with van der Waals surface area (Å²) < 4.78 is 20.7. The number of rotatable bonds is 7. The van der Waals surface area contributed by atoms with E-state index in [-0.39, 0.29) is 12.2 Å². The van der Waals surface area contributed by atoms with Gasteiger partial charge in [-0.1, -0.05) is 23.5 Å². The lowest BCUT2D eigenvalue weighted by atomic mass is 9.95. The Bertz CT molecular complexity index is 1930. The molecular formula is C33H35N3O5S. The van der Waals surface area contributed by atoms with Crippen LogP contribution in [-0.4, -0.2) is 35.9 Å². The first-order valence-corrected chi connectivity index (χ1v) is 14.6. The molecule has 0 radical (unpaired) electrons. The highest BCUT2D eigenvalue weighted by Gasteiger charge is 2.34. The zero-order chi connectivity index (χ0) is 30.3. The lowest BCUT2D eigenvalue weighted by Crippen LogP contribution is -2.40. The smallest absolute Gasteiger partial charge is 0.338 e. The van der Waals surface area contributed by atoms with Gasteiger partial charge in [-0.15, -0.1) is 0 Å². The molecule has 0 bridgehead atoms. The quantitative estimate of drug-likeness (QED) is 0.290. The molecule has 0 spiro atoms. The number of esters is 1. The summed E-state index contributed by atoms with van der Waals surface area (Å²) >= 11 is 1.30. The SMILES string of the molecule is CCOC(=O)C1=C(C)N=c2s/c(=C/c3cc(C)n(-c4ccc(C)c(C)c4)c3C)c(=O)n2[C@@H]1c1ccc(OC)c(OC)c1. The number of aryl methyl sites for hydroxylation is 3. The fourth-order valence-electron chi connectivity index (χ4n) is 5.47. The van der Waals surface area contributed by atoms with Gasteiger partial charge in [0.1, 0.15) is 0 Å². The van der Waals surface area contributed by atoms with Crippen molar-refractivity contribution in [2.75, 3.05) is 20.8 Å². The van der Waals surface area contributed by atoms with E-state index in [1.165, 1.54) is 22.5 Å². The van der Waals surface area contributed by atoms with Crippen LogP contribution in [0.4, 0.5) is 0 Å². The average Bonchev–Trinajstić information content (AvgIpc) is 3.42. The first-order valence-electron chi connectivity index (χ1n) is 13.8. The van der Waals surface area contributed by atoms with E-state index in [1.807, 2.05) is 12.1 Å². The summed E-state index contributed by atoms with van der Waals surface area (Å²) in [6, 6.07) is 13.1. The van der Waals surface area contributed by atoms with Gasteiger partial charge in [-0.05, 0) is 100 Å². The first-order chi connectivity index (χ1) is 20.1. The molecule has 4 aromatic rings. The topological polar surface area (TPSA) is 84.1 Å². The summed E-state index contributed by atoms with van der Waals surface area (Å²) in [7, 11) is 3.11. The third-order valence-corrected chi connectivity index (χ3v) is 8.73. The molecular weight excluding hydrogens is 550 g/mol. The highest BCUT2D eigenvalue weighted by atomic mass is 32.1. The van der Waals surface area contributed by atoms with Crippen LogP contribution in [-0.2, 0) is 9.53 Å². The molecule has 0 amide bonds. The second-order valence-corrected chi connectivity index (χ2v) is 11.4. The normalized spacial score (nSPS) is 15.0. The van der Waals surface area contributed by atoms with Crippen LogP contribution >= 0.6 is 11.3 Å². The van der Waals surface area contributed by atoms with Crippen molar-refractivity contribution in [3.63, 3.8) is 0 Å². The van der Waals surface area contributed by atoms with E-state index in [2.05, 4.69) is 56.5 Å². The van der Waals surface area contributed by atoms with Crippen molar-refractivity contribution < 1.29 is 19.0 Å². The predicted molar refractivity (Wildman–Crippen MR) is 165 cm³/mol. The number of nitrogens with zero attached hydrogens (tertiary/aromatic N) is 3. The van der Waals surface area contributed by atoms with Crippen LogP contribution in [0.1, 0.15) is 53.5 Å². The number of carbonyl (C=O) groups is 1. The molecule has 218 valence electrons. The Kier molecular flexibility index (Phi) is 7.97. The molecule has 2 aromatic heterocycles. The lowest BCUT2D eigenvalue weighted by molar-refractivity contribution is -0.139. The van der Waals surface area contributed by atoms with Crippen molar-refractivity contribution in [1.29, 1.82) is 0 Å². The summed E-state index contributed by atoms with van der Waals surface area (Å²) in [6.45, 7) is 12.1. The van der Waals surface area contributed by atoms with Gasteiger partial charge in [0.2, 0.25) is 0 Å². The fourth-order valence-corrected chi connectivity index (χ4v) is 6.50. The van der Waals surface area contributed by atoms with Crippen LogP contribution in [0.2, 0.25) is 0 Å². The molecule has 5 rings (SSSR count). The highest BCUT2D eigenvalue weighted by Crippen LogP contribution is 2.36. The van der Waals surface area contributed by atoms with Gasteiger partial charge >= 0.3 is 5.97 Å². The number of methoxy groups -OCH3 is 2. The second-order valence-electron chi connectivity index (χ2n) is 10.3. The number of carbonyl (C=O) groups excluding carboxylic acids is 1. The molecule has 9 heteroatoms. The highest BCUT2D eigenvalue weighted by molar-refractivity contribution is 7.07. The Labute approximate surface area is 248 Å². The number of allylic oxidation sites excluding steroid dienone is 1. The van der Waals surface area contributed by atoms with Gasteiger partial charge in [0, 0.05) is 17.1 Å². The Morgan fingerprint density at radius 3 is 2.38 bits per heavy atom. The number of benzene rings is 2. The Morgan fingerprint density at radius 2 is 1.71 bits per heavy atom. The lowest BCUT2D eigenvalue weighted by Gasteiger charge is -2.25. The molecule has 0 aliphatic carbocycles. The van der Waals surface area contributed by atoms with Gasteiger partial charge in [0.05, 0.1) is 42.7 Å². The van der Waals surface area contributed by atoms with Crippen molar-refractivity contribution in [1.82, 2.24) is 9.13 Å². The predicted octanol–water partition coefficient (Wildman–Crippen LogP) is 4.84. The van der Waals surface area contributed by atoms with Crippen LogP contribution in [0.15, 0.2) is 63.5 Å². The van der Waals surface area contributed by atoms with E-state index in [0.29, 0.717) is 37.7 Å². The van der Waals surface area contributed by atoms with E-state index in [0.717, 1.165) is 22.6 Å². The molecule has 1 atom stereocenters. The maximum absolute atomic E-state index is 14.1. The zero-order valence-corrected chi connectivity index (χ0v) is 26.0. The summed E-state index contributed by atoms with van der Waals surface area (Å²) in [6.07, 6.45) is 1.92. The third-order valence-electron chi connectivity index (χ3n) is 7.75. The van der Waals surface area contributed by atoms with Gasteiger partial charge in [-0.25, -0.2) is 9.79 Å². The standard InChI is InChI=1S/C33H35N3O5S/c1-9-41-32(38)29-21(5)34-33-36(30(29)23-11-13-26(39-7)27(16-23)40-8)31(37)28(42-33)17-24-15-20(4)35(22(24)6)25-12-10-18(2)19(3)14-25/h10-17,30H,9H2,1-8H3/b28-17+/t30-/m1/s1. The van der Waals surface area contributed by atoms with Crippen LogP contribution in [0, 0.1) is 27.7 Å². The average molecular weight is 586 g/mol. The molecule has 1 aliphatic heterocycles. The number of ether oxygens (including phenoxy) is 3. The maximum Gasteiger partial charge on any atom is 0.338 e. The largest absolute Gasteiger partial charge is 0.493 e. The van der Waals surface area contributed by atoms with Gasteiger partial charge < -0.3 is 18.8 Å². The molecule has 0 fully saturated rings. The molecule has 0 N–H and O–H groups in total. The number of thiazole rings is 1. The molecule has 42 heavy (non-hydrogen) atoms. The van der Waals surface area contributed by atoms with Crippen LogP contribution in [0.3, 0.4) is 0 Å². The second kappa shape index (κ2) is 11.5. The van der Waals surface area contributed by atoms with Crippen molar-refractivity contribution in [3.05, 3.63) is 107 Å². The van der Waals surface area contributed by atoms with Crippen molar-refractivity contribution in [2.45, 2.75) is 47.6 Å². The van der Waals surface area contributed by atoms with Crippen molar-refractivity contribution >= 4 is 23.4 Å².